The number of rotatable bonds is 4. The molecule has 106 valence electrons. The van der Waals surface area contributed by atoms with Gasteiger partial charge in [-0.15, -0.1) is 0 Å². The van der Waals surface area contributed by atoms with Gasteiger partial charge in [0.1, 0.15) is 11.9 Å². The third-order valence-electron chi connectivity index (χ3n) is 3.23. The van der Waals surface area contributed by atoms with Gasteiger partial charge in [-0.25, -0.2) is 4.98 Å². The Labute approximate surface area is 123 Å². The van der Waals surface area contributed by atoms with Crippen LogP contribution in [0.15, 0.2) is 54.7 Å². The third-order valence-corrected chi connectivity index (χ3v) is 3.23. The highest BCUT2D eigenvalue weighted by Gasteiger charge is 2.13. The van der Waals surface area contributed by atoms with Gasteiger partial charge in [0.15, 0.2) is 0 Å². The van der Waals surface area contributed by atoms with Crippen molar-refractivity contribution >= 4 is 11.0 Å². The predicted octanol–water partition coefficient (Wildman–Crippen LogP) is 3.11. The molecule has 0 fully saturated rings. The first-order valence-corrected chi connectivity index (χ1v) is 6.90. The van der Waals surface area contributed by atoms with Gasteiger partial charge in [-0.3, -0.25) is 4.98 Å². The summed E-state index contributed by atoms with van der Waals surface area (Å²) in [5.41, 5.74) is 2.86. The topological polar surface area (TPSA) is 55.2 Å². The fourth-order valence-corrected chi connectivity index (χ4v) is 2.22. The van der Waals surface area contributed by atoms with Crippen molar-refractivity contribution in [3.8, 4) is 5.75 Å². The molecule has 21 heavy (non-hydrogen) atoms. The van der Waals surface area contributed by atoms with Crippen molar-refractivity contribution in [3.63, 3.8) is 0 Å². The highest BCUT2D eigenvalue weighted by atomic mass is 16.5. The number of benzene rings is 2. The summed E-state index contributed by atoms with van der Waals surface area (Å²) in [7, 11) is 0. The van der Waals surface area contributed by atoms with Gasteiger partial charge >= 0.3 is 0 Å². The summed E-state index contributed by atoms with van der Waals surface area (Å²) in [6.07, 6.45) is 0.794. The van der Waals surface area contributed by atoms with Crippen molar-refractivity contribution in [2.75, 3.05) is 6.61 Å². The van der Waals surface area contributed by atoms with Gasteiger partial charge in [-0.2, -0.15) is 0 Å². The zero-order valence-corrected chi connectivity index (χ0v) is 11.7. The molecule has 4 heteroatoms. The van der Waals surface area contributed by atoms with E-state index in [1.807, 2.05) is 55.5 Å². The van der Waals surface area contributed by atoms with E-state index in [0.717, 1.165) is 22.3 Å². The number of hydrogen-bond donors (Lipinski definition) is 1. The maximum absolute atomic E-state index is 10.5. The van der Waals surface area contributed by atoms with E-state index in [0.29, 0.717) is 12.3 Å². The molecule has 3 aromatic rings. The van der Waals surface area contributed by atoms with Crippen molar-refractivity contribution in [1.29, 1.82) is 0 Å². The van der Waals surface area contributed by atoms with Gasteiger partial charge < -0.3 is 9.84 Å². The van der Waals surface area contributed by atoms with E-state index in [1.54, 1.807) is 6.20 Å². The first-order chi connectivity index (χ1) is 10.3. The molecule has 0 radical (unpaired) electrons. The summed E-state index contributed by atoms with van der Waals surface area (Å²) >= 11 is 0. The fraction of sp³-hybridized carbons (Fsp3) is 0.176. The van der Waals surface area contributed by atoms with Crippen LogP contribution in [-0.2, 0) is 0 Å². The quantitative estimate of drug-likeness (QED) is 0.797. The van der Waals surface area contributed by atoms with Gasteiger partial charge in [0, 0.05) is 0 Å². The summed E-state index contributed by atoms with van der Waals surface area (Å²) in [6, 6.07) is 15.0. The number of nitrogens with zero attached hydrogens (tertiary/aromatic N) is 2. The number of aliphatic hydroxyl groups excluding tert-OH is 1. The molecule has 0 saturated heterocycles. The zero-order chi connectivity index (χ0) is 14.7. The van der Waals surface area contributed by atoms with E-state index in [2.05, 4.69) is 9.97 Å². The second-order valence-corrected chi connectivity index (χ2v) is 4.69. The lowest BCUT2D eigenvalue weighted by atomic mass is 10.1. The number of aliphatic hydroxyl groups is 1. The molecular formula is C17H16N2O2. The van der Waals surface area contributed by atoms with Crippen LogP contribution >= 0.6 is 0 Å². The smallest absolute Gasteiger partial charge is 0.123 e. The van der Waals surface area contributed by atoms with Crippen molar-refractivity contribution < 1.29 is 9.84 Å². The van der Waals surface area contributed by atoms with Gasteiger partial charge in [0.2, 0.25) is 0 Å². The van der Waals surface area contributed by atoms with Crippen LogP contribution in [-0.4, -0.2) is 21.7 Å². The van der Waals surface area contributed by atoms with Gasteiger partial charge in [0.05, 0.1) is 29.5 Å². The van der Waals surface area contributed by atoms with Crippen LogP contribution in [0.25, 0.3) is 11.0 Å². The van der Waals surface area contributed by atoms with Crippen LogP contribution in [0.4, 0.5) is 0 Å². The number of para-hydroxylation sites is 2. The first-order valence-electron chi connectivity index (χ1n) is 6.90. The molecule has 0 aliphatic carbocycles. The Kier molecular flexibility index (Phi) is 3.79. The van der Waals surface area contributed by atoms with E-state index in [1.165, 1.54) is 0 Å². The molecule has 1 atom stereocenters. The Morgan fingerprint density at radius 2 is 1.90 bits per heavy atom. The maximum atomic E-state index is 10.5. The average molecular weight is 280 g/mol. The molecule has 2 aromatic carbocycles. The Hall–Kier alpha value is -2.46. The normalized spacial score (nSPS) is 12.3. The second kappa shape index (κ2) is 5.89. The lowest BCUT2D eigenvalue weighted by Gasteiger charge is -2.12. The van der Waals surface area contributed by atoms with Crippen LogP contribution in [0, 0.1) is 0 Å². The molecule has 0 amide bonds. The summed E-state index contributed by atoms with van der Waals surface area (Å²) in [4.78, 5) is 8.81. The Bertz CT molecular complexity index is 758. The highest BCUT2D eigenvalue weighted by molar-refractivity contribution is 5.73. The van der Waals surface area contributed by atoms with Gasteiger partial charge in [-0.05, 0) is 36.8 Å². The molecule has 1 heterocycles. The SMILES string of the molecule is CCOc1cccc(C(O)c2cnc3ccccc3n2)c1. The van der Waals surface area contributed by atoms with Crippen LogP contribution in [0.1, 0.15) is 24.3 Å². The molecule has 0 bridgehead atoms. The molecule has 0 spiro atoms. The van der Waals surface area contributed by atoms with Gasteiger partial charge in [-0.1, -0.05) is 24.3 Å². The van der Waals surface area contributed by atoms with Crippen LogP contribution < -0.4 is 4.74 Å². The minimum atomic E-state index is -0.817. The Morgan fingerprint density at radius 3 is 2.71 bits per heavy atom. The van der Waals surface area contributed by atoms with Crippen LogP contribution in [0.2, 0.25) is 0 Å². The molecule has 3 rings (SSSR count). The molecule has 1 unspecified atom stereocenters. The number of fused-ring (bicyclic) bond motifs is 1. The standard InChI is InChI=1S/C17H16N2O2/c1-2-21-13-7-5-6-12(10-13)17(20)16-11-18-14-8-3-4-9-15(14)19-16/h3-11,17,20H,2H2,1H3. The van der Waals surface area contributed by atoms with Crippen LogP contribution in [0.5, 0.6) is 5.75 Å². The number of aromatic nitrogens is 2. The number of hydrogen-bond acceptors (Lipinski definition) is 4. The van der Waals surface area contributed by atoms with E-state index in [4.69, 9.17) is 4.74 Å². The van der Waals surface area contributed by atoms with E-state index in [-0.39, 0.29) is 0 Å². The third kappa shape index (κ3) is 2.85. The summed E-state index contributed by atoms with van der Waals surface area (Å²) in [5.74, 6) is 0.739. The highest BCUT2D eigenvalue weighted by Crippen LogP contribution is 2.24. The van der Waals surface area contributed by atoms with Gasteiger partial charge in [0.25, 0.3) is 0 Å². The maximum Gasteiger partial charge on any atom is 0.123 e. The van der Waals surface area contributed by atoms with Crippen molar-refractivity contribution in [1.82, 2.24) is 9.97 Å². The monoisotopic (exact) mass is 280 g/mol. The molecule has 1 N–H and O–H groups in total. The molecule has 0 saturated carbocycles. The average Bonchev–Trinajstić information content (AvgIpc) is 2.54. The fourth-order valence-electron chi connectivity index (χ4n) is 2.22. The zero-order valence-electron chi connectivity index (χ0n) is 11.7. The minimum Gasteiger partial charge on any atom is -0.494 e. The van der Waals surface area contributed by atoms with Crippen LogP contribution in [0.3, 0.4) is 0 Å². The van der Waals surface area contributed by atoms with E-state index >= 15 is 0 Å². The largest absolute Gasteiger partial charge is 0.494 e. The second-order valence-electron chi connectivity index (χ2n) is 4.69. The van der Waals surface area contributed by atoms with Crippen molar-refractivity contribution in [2.24, 2.45) is 0 Å². The Balaban J connectivity index is 1.95. The molecule has 0 aliphatic rings. The molecular weight excluding hydrogens is 264 g/mol. The molecule has 1 aromatic heterocycles. The van der Waals surface area contributed by atoms with E-state index < -0.39 is 6.10 Å². The summed E-state index contributed by atoms with van der Waals surface area (Å²) in [5, 5.41) is 10.5. The molecule has 4 nitrogen and oxygen atoms in total. The molecule has 0 aliphatic heterocycles. The predicted molar refractivity (Wildman–Crippen MR) is 81.2 cm³/mol. The minimum absolute atomic E-state index is 0.530. The lowest BCUT2D eigenvalue weighted by molar-refractivity contribution is 0.214. The summed E-state index contributed by atoms with van der Waals surface area (Å²) in [6.45, 7) is 2.52. The van der Waals surface area contributed by atoms with Crippen molar-refractivity contribution in [2.45, 2.75) is 13.0 Å². The summed E-state index contributed by atoms with van der Waals surface area (Å²) < 4.78 is 5.46. The number of ether oxygens (including phenoxy) is 1. The lowest BCUT2D eigenvalue weighted by Crippen LogP contribution is -2.04. The van der Waals surface area contributed by atoms with Crippen molar-refractivity contribution in [3.05, 3.63) is 66.0 Å². The van der Waals surface area contributed by atoms with E-state index in [9.17, 15) is 5.11 Å². The Morgan fingerprint density at radius 1 is 1.10 bits per heavy atom. The first kappa shape index (κ1) is 13.5.